The zero-order valence-corrected chi connectivity index (χ0v) is 20.9. The van der Waals surface area contributed by atoms with E-state index in [9.17, 15) is 5.11 Å². The molecule has 4 heterocycles. The Kier molecular flexibility index (Phi) is 6.82. The standard InChI is InChI=1S/C26H35N5O4/c1-16(2)23-12-28-31-25(30-13-19-5-6-20(14-30)35-19)10-24(29-26(23)31)17-7-21(33-4)9-22(8-17)34-15-18(32)11-27-3/h7-10,12,16,18-20,27,32H,5-6,11,13-15H2,1-4H3. The number of methoxy groups -OCH3 is 1. The number of anilines is 1. The number of nitrogens with one attached hydrogen (secondary N) is 1. The third-order valence-corrected chi connectivity index (χ3v) is 6.76. The number of aromatic nitrogens is 3. The molecular formula is C26H35N5O4. The van der Waals surface area contributed by atoms with E-state index in [1.165, 1.54) is 0 Å². The molecular weight excluding hydrogens is 446 g/mol. The van der Waals surface area contributed by atoms with Gasteiger partial charge in [0.15, 0.2) is 5.65 Å². The van der Waals surface area contributed by atoms with Crippen LogP contribution in [-0.2, 0) is 4.74 Å². The number of benzene rings is 1. The Hall–Kier alpha value is -2.88. The average molecular weight is 482 g/mol. The Labute approximate surface area is 206 Å². The zero-order chi connectivity index (χ0) is 24.5. The van der Waals surface area contributed by atoms with Gasteiger partial charge in [-0.15, -0.1) is 0 Å². The fourth-order valence-corrected chi connectivity index (χ4v) is 4.95. The molecule has 0 saturated carbocycles. The molecule has 35 heavy (non-hydrogen) atoms. The van der Waals surface area contributed by atoms with E-state index < -0.39 is 6.10 Å². The van der Waals surface area contributed by atoms with E-state index in [4.69, 9.17) is 24.3 Å². The van der Waals surface area contributed by atoms with Crippen molar-refractivity contribution in [3.8, 4) is 22.8 Å². The molecule has 188 valence electrons. The maximum absolute atomic E-state index is 10.1. The molecule has 0 spiro atoms. The number of aliphatic hydroxyl groups excluding tert-OH is 1. The summed E-state index contributed by atoms with van der Waals surface area (Å²) in [5.74, 6) is 2.61. The van der Waals surface area contributed by atoms with E-state index in [2.05, 4.69) is 30.1 Å². The summed E-state index contributed by atoms with van der Waals surface area (Å²) >= 11 is 0. The topological polar surface area (TPSA) is 93.4 Å². The van der Waals surface area contributed by atoms with E-state index >= 15 is 0 Å². The normalized spacial score (nSPS) is 20.6. The molecule has 9 heteroatoms. The van der Waals surface area contributed by atoms with Gasteiger partial charge in [0, 0.05) is 42.9 Å². The van der Waals surface area contributed by atoms with Crippen molar-refractivity contribution < 1.29 is 19.3 Å². The molecule has 2 fully saturated rings. The summed E-state index contributed by atoms with van der Waals surface area (Å²) in [4.78, 5) is 7.43. The van der Waals surface area contributed by atoms with Gasteiger partial charge in [-0.3, -0.25) is 0 Å². The number of hydrogen-bond donors (Lipinski definition) is 2. The van der Waals surface area contributed by atoms with Gasteiger partial charge in [-0.05, 0) is 37.9 Å². The molecule has 0 amide bonds. The summed E-state index contributed by atoms with van der Waals surface area (Å²) in [5, 5.41) is 17.8. The highest BCUT2D eigenvalue weighted by molar-refractivity contribution is 5.71. The van der Waals surface area contributed by atoms with Gasteiger partial charge in [0.2, 0.25) is 0 Å². The lowest BCUT2D eigenvalue weighted by molar-refractivity contribution is 0.0301. The Morgan fingerprint density at radius 3 is 2.57 bits per heavy atom. The first kappa shape index (κ1) is 23.8. The van der Waals surface area contributed by atoms with Crippen molar-refractivity contribution in [2.75, 3.05) is 45.3 Å². The van der Waals surface area contributed by atoms with Crippen LogP contribution in [0, 0.1) is 0 Å². The molecule has 2 N–H and O–H groups in total. The fraction of sp³-hybridized carbons (Fsp3) is 0.538. The zero-order valence-electron chi connectivity index (χ0n) is 20.9. The molecule has 2 saturated heterocycles. The van der Waals surface area contributed by atoms with Gasteiger partial charge in [-0.2, -0.15) is 9.61 Å². The largest absolute Gasteiger partial charge is 0.497 e. The fourth-order valence-electron chi connectivity index (χ4n) is 4.95. The Morgan fingerprint density at radius 1 is 1.14 bits per heavy atom. The van der Waals surface area contributed by atoms with Crippen molar-refractivity contribution >= 4 is 11.5 Å². The van der Waals surface area contributed by atoms with E-state index in [1.807, 2.05) is 28.9 Å². The van der Waals surface area contributed by atoms with Crippen molar-refractivity contribution in [3.63, 3.8) is 0 Å². The van der Waals surface area contributed by atoms with Gasteiger partial charge >= 0.3 is 0 Å². The number of morpholine rings is 1. The van der Waals surface area contributed by atoms with Crippen LogP contribution in [0.1, 0.15) is 38.2 Å². The quantitative estimate of drug-likeness (QED) is 0.482. The second kappa shape index (κ2) is 10.0. The maximum Gasteiger partial charge on any atom is 0.161 e. The van der Waals surface area contributed by atoms with Crippen LogP contribution in [0.25, 0.3) is 16.9 Å². The van der Waals surface area contributed by atoms with Crippen LogP contribution >= 0.6 is 0 Å². The highest BCUT2D eigenvalue weighted by atomic mass is 16.5. The maximum atomic E-state index is 10.1. The summed E-state index contributed by atoms with van der Waals surface area (Å²) in [6.45, 7) is 6.66. The first-order valence-electron chi connectivity index (χ1n) is 12.4. The molecule has 3 atom stereocenters. The Morgan fingerprint density at radius 2 is 1.89 bits per heavy atom. The second-order valence-electron chi connectivity index (χ2n) is 9.77. The van der Waals surface area contributed by atoms with Gasteiger partial charge in [0.1, 0.15) is 30.0 Å². The summed E-state index contributed by atoms with van der Waals surface area (Å²) in [6.07, 6.45) is 4.07. The molecule has 0 radical (unpaired) electrons. The van der Waals surface area contributed by atoms with Crippen LogP contribution in [-0.4, -0.2) is 78.4 Å². The highest BCUT2D eigenvalue weighted by Crippen LogP contribution is 2.35. The summed E-state index contributed by atoms with van der Waals surface area (Å²) in [5.41, 5.74) is 3.69. The number of ether oxygens (including phenoxy) is 3. The molecule has 2 aliphatic heterocycles. The molecule has 1 aromatic carbocycles. The van der Waals surface area contributed by atoms with E-state index in [-0.39, 0.29) is 18.8 Å². The number of hydrogen-bond acceptors (Lipinski definition) is 8. The van der Waals surface area contributed by atoms with Crippen molar-refractivity contribution in [1.82, 2.24) is 19.9 Å². The van der Waals surface area contributed by atoms with Crippen LogP contribution in [0.4, 0.5) is 5.82 Å². The third kappa shape index (κ3) is 4.94. The molecule has 0 aliphatic carbocycles. The number of nitrogens with zero attached hydrogens (tertiary/aromatic N) is 4. The Balaban J connectivity index is 1.57. The first-order chi connectivity index (χ1) is 16.9. The number of likely N-dealkylation sites (N-methyl/N-ethyl adjacent to an activating group) is 1. The summed E-state index contributed by atoms with van der Waals surface area (Å²) in [6, 6.07) is 7.84. The monoisotopic (exact) mass is 481 g/mol. The molecule has 9 nitrogen and oxygen atoms in total. The lowest BCUT2D eigenvalue weighted by Gasteiger charge is -2.34. The van der Waals surface area contributed by atoms with Crippen molar-refractivity contribution in [3.05, 3.63) is 36.0 Å². The van der Waals surface area contributed by atoms with E-state index in [0.29, 0.717) is 24.0 Å². The predicted molar refractivity (Wildman–Crippen MR) is 135 cm³/mol. The lowest BCUT2D eigenvalue weighted by Crippen LogP contribution is -2.43. The van der Waals surface area contributed by atoms with Crippen molar-refractivity contribution in [1.29, 1.82) is 0 Å². The van der Waals surface area contributed by atoms with Crippen molar-refractivity contribution in [2.24, 2.45) is 0 Å². The van der Waals surface area contributed by atoms with Crippen molar-refractivity contribution in [2.45, 2.75) is 50.9 Å². The Bertz CT molecular complexity index is 1170. The van der Waals surface area contributed by atoms with Crippen LogP contribution in [0.3, 0.4) is 0 Å². The molecule has 2 bridgehead atoms. The number of fused-ring (bicyclic) bond motifs is 3. The van der Waals surface area contributed by atoms with Gasteiger partial charge in [0.05, 0.1) is 31.2 Å². The molecule has 2 aromatic heterocycles. The summed E-state index contributed by atoms with van der Waals surface area (Å²) < 4.78 is 19.5. The van der Waals surface area contributed by atoms with Crippen LogP contribution in [0.2, 0.25) is 0 Å². The minimum absolute atomic E-state index is 0.182. The summed E-state index contributed by atoms with van der Waals surface area (Å²) in [7, 11) is 3.44. The first-order valence-corrected chi connectivity index (χ1v) is 12.4. The molecule has 2 aliphatic rings. The smallest absolute Gasteiger partial charge is 0.161 e. The van der Waals surface area contributed by atoms with Crippen LogP contribution < -0.4 is 19.7 Å². The van der Waals surface area contributed by atoms with Crippen LogP contribution in [0.15, 0.2) is 30.5 Å². The highest BCUT2D eigenvalue weighted by Gasteiger charge is 2.35. The van der Waals surface area contributed by atoms with Gasteiger partial charge in [-0.25, -0.2) is 4.98 Å². The van der Waals surface area contributed by atoms with Gasteiger partial charge < -0.3 is 29.5 Å². The van der Waals surface area contributed by atoms with Gasteiger partial charge in [0.25, 0.3) is 0 Å². The number of rotatable bonds is 9. The molecule has 3 unspecified atom stereocenters. The average Bonchev–Trinajstić information content (AvgIpc) is 3.44. The minimum atomic E-state index is -0.604. The predicted octanol–water partition coefficient (Wildman–Crippen LogP) is 2.85. The van der Waals surface area contributed by atoms with E-state index in [1.54, 1.807) is 14.2 Å². The van der Waals surface area contributed by atoms with Crippen LogP contribution in [0.5, 0.6) is 11.5 Å². The third-order valence-electron chi connectivity index (χ3n) is 6.76. The van der Waals surface area contributed by atoms with Gasteiger partial charge in [-0.1, -0.05) is 13.8 Å². The van der Waals surface area contributed by atoms with E-state index in [0.717, 1.165) is 54.2 Å². The lowest BCUT2D eigenvalue weighted by atomic mass is 10.1. The SMILES string of the molecule is CNCC(O)COc1cc(OC)cc(-c2cc(N3CC4CCC(C3)O4)n3ncc(C(C)C)c3n2)c1. The minimum Gasteiger partial charge on any atom is -0.497 e. The second-order valence-corrected chi connectivity index (χ2v) is 9.77. The molecule has 3 aromatic rings. The molecule has 5 rings (SSSR count). The number of aliphatic hydroxyl groups is 1.